The Balaban J connectivity index is 1.85. The van der Waals surface area contributed by atoms with Gasteiger partial charge in [-0.15, -0.1) is 0 Å². The van der Waals surface area contributed by atoms with Gasteiger partial charge >= 0.3 is 0 Å². The van der Waals surface area contributed by atoms with E-state index in [1.165, 1.54) is 18.4 Å². The third-order valence-electron chi connectivity index (χ3n) is 3.37. The van der Waals surface area contributed by atoms with Crippen LogP contribution in [0.2, 0.25) is 0 Å². The molecule has 0 aliphatic heterocycles. The van der Waals surface area contributed by atoms with Crippen LogP contribution in [0.15, 0.2) is 30.3 Å². The molecule has 0 saturated heterocycles. The minimum Gasteiger partial charge on any atom is -0.308 e. The van der Waals surface area contributed by atoms with Crippen LogP contribution in [-0.4, -0.2) is 16.0 Å². The van der Waals surface area contributed by atoms with E-state index in [2.05, 4.69) is 52.5 Å². The molecule has 1 aromatic carbocycles. The maximum absolute atomic E-state index is 4.66. The molecule has 1 N–H and O–H groups in total. The summed E-state index contributed by atoms with van der Waals surface area (Å²) < 4.78 is 0. The van der Waals surface area contributed by atoms with Gasteiger partial charge in [0.05, 0.1) is 5.69 Å². The molecule has 1 aromatic heterocycles. The lowest BCUT2D eigenvalue weighted by molar-refractivity contribution is 0.672. The Bertz CT molecular complexity index is 571. The summed E-state index contributed by atoms with van der Waals surface area (Å²) in [6.45, 7) is 4.96. The van der Waals surface area contributed by atoms with Crippen LogP contribution in [0, 0.1) is 13.8 Å². The van der Waals surface area contributed by atoms with E-state index in [-0.39, 0.29) is 0 Å². The second kappa shape index (κ2) is 5.10. The van der Waals surface area contributed by atoms with Crippen molar-refractivity contribution in [3.8, 4) is 11.4 Å². The van der Waals surface area contributed by atoms with Crippen molar-refractivity contribution in [2.24, 2.45) is 0 Å². The summed E-state index contributed by atoms with van der Waals surface area (Å²) in [6.07, 6.45) is 2.60. The molecule has 3 heteroatoms. The molecule has 1 aliphatic carbocycles. The van der Waals surface area contributed by atoms with E-state index in [0.29, 0.717) is 6.04 Å². The van der Waals surface area contributed by atoms with Crippen LogP contribution in [0.3, 0.4) is 0 Å². The Kier molecular flexibility index (Phi) is 3.30. The Labute approximate surface area is 114 Å². The molecule has 0 unspecified atom stereocenters. The summed E-state index contributed by atoms with van der Waals surface area (Å²) >= 11 is 0. The second-order valence-corrected chi connectivity index (χ2v) is 5.35. The molecule has 2 aromatic rings. The van der Waals surface area contributed by atoms with Crippen molar-refractivity contribution in [3.63, 3.8) is 0 Å². The van der Waals surface area contributed by atoms with Crippen molar-refractivity contribution in [2.75, 3.05) is 0 Å². The summed E-state index contributed by atoms with van der Waals surface area (Å²) in [5.74, 6) is 0.826. The fraction of sp³-hybridized carbons (Fsp3) is 0.375. The molecule has 1 aliphatic rings. The van der Waals surface area contributed by atoms with Gasteiger partial charge in [-0.3, -0.25) is 0 Å². The van der Waals surface area contributed by atoms with Gasteiger partial charge < -0.3 is 5.32 Å². The first kappa shape index (κ1) is 12.3. The fourth-order valence-corrected chi connectivity index (χ4v) is 2.09. The number of aromatic nitrogens is 2. The highest BCUT2D eigenvalue weighted by Crippen LogP contribution is 2.20. The van der Waals surface area contributed by atoms with E-state index in [9.17, 15) is 0 Å². The minimum absolute atomic E-state index is 0.707. The molecule has 0 amide bonds. The largest absolute Gasteiger partial charge is 0.308 e. The molecule has 3 rings (SSSR count). The predicted molar refractivity (Wildman–Crippen MR) is 76.8 cm³/mol. The standard InChI is InChI=1S/C16H19N3/c1-11-3-5-13(6-4-11)16-18-12(2)9-15(19-16)10-17-14-7-8-14/h3-6,9,14,17H,7-8,10H2,1-2H3. The number of aryl methyl sites for hydroxylation is 2. The zero-order valence-electron chi connectivity index (χ0n) is 11.5. The summed E-state index contributed by atoms with van der Waals surface area (Å²) in [7, 11) is 0. The van der Waals surface area contributed by atoms with Gasteiger partial charge in [0.15, 0.2) is 5.82 Å². The summed E-state index contributed by atoms with van der Waals surface area (Å²) in [5, 5.41) is 3.50. The molecular weight excluding hydrogens is 234 g/mol. The first-order valence-electron chi connectivity index (χ1n) is 6.86. The van der Waals surface area contributed by atoms with Crippen LogP contribution in [0.1, 0.15) is 29.8 Å². The fourth-order valence-electron chi connectivity index (χ4n) is 2.09. The van der Waals surface area contributed by atoms with Crippen molar-refractivity contribution in [3.05, 3.63) is 47.3 Å². The van der Waals surface area contributed by atoms with Gasteiger partial charge in [-0.1, -0.05) is 29.8 Å². The maximum Gasteiger partial charge on any atom is 0.159 e. The van der Waals surface area contributed by atoms with Gasteiger partial charge in [-0.25, -0.2) is 9.97 Å². The van der Waals surface area contributed by atoms with Gasteiger partial charge in [0.25, 0.3) is 0 Å². The minimum atomic E-state index is 0.707. The maximum atomic E-state index is 4.66. The van der Waals surface area contributed by atoms with E-state index in [1.807, 2.05) is 6.92 Å². The van der Waals surface area contributed by atoms with Gasteiger partial charge in [0, 0.05) is 23.8 Å². The predicted octanol–water partition coefficient (Wildman–Crippen LogP) is 3.01. The van der Waals surface area contributed by atoms with Crippen LogP contribution in [0.5, 0.6) is 0 Å². The quantitative estimate of drug-likeness (QED) is 0.910. The van der Waals surface area contributed by atoms with E-state index >= 15 is 0 Å². The lowest BCUT2D eigenvalue weighted by atomic mass is 10.1. The highest BCUT2D eigenvalue weighted by molar-refractivity contribution is 5.55. The summed E-state index contributed by atoms with van der Waals surface area (Å²) in [6, 6.07) is 11.1. The molecule has 19 heavy (non-hydrogen) atoms. The third kappa shape index (κ3) is 3.18. The number of rotatable bonds is 4. The van der Waals surface area contributed by atoms with Crippen molar-refractivity contribution in [2.45, 2.75) is 39.3 Å². The number of benzene rings is 1. The topological polar surface area (TPSA) is 37.8 Å². The third-order valence-corrected chi connectivity index (χ3v) is 3.37. The van der Waals surface area contributed by atoms with Crippen LogP contribution in [-0.2, 0) is 6.54 Å². The Morgan fingerprint density at radius 3 is 2.53 bits per heavy atom. The Morgan fingerprint density at radius 1 is 1.11 bits per heavy atom. The van der Waals surface area contributed by atoms with E-state index in [1.54, 1.807) is 0 Å². The van der Waals surface area contributed by atoms with E-state index < -0.39 is 0 Å². The van der Waals surface area contributed by atoms with Crippen LogP contribution in [0.4, 0.5) is 0 Å². The SMILES string of the molecule is Cc1ccc(-c2nc(C)cc(CNC3CC3)n2)cc1. The van der Waals surface area contributed by atoms with E-state index in [0.717, 1.165) is 29.3 Å². The van der Waals surface area contributed by atoms with E-state index in [4.69, 9.17) is 0 Å². The molecule has 1 fully saturated rings. The summed E-state index contributed by atoms with van der Waals surface area (Å²) in [4.78, 5) is 9.20. The van der Waals surface area contributed by atoms with Gasteiger partial charge in [0.1, 0.15) is 0 Å². The first-order chi connectivity index (χ1) is 9.20. The van der Waals surface area contributed by atoms with Crippen molar-refractivity contribution in [1.29, 1.82) is 0 Å². The second-order valence-electron chi connectivity index (χ2n) is 5.35. The lowest BCUT2D eigenvalue weighted by Crippen LogP contribution is -2.16. The molecule has 0 atom stereocenters. The lowest BCUT2D eigenvalue weighted by Gasteiger charge is -2.07. The molecule has 1 saturated carbocycles. The molecule has 3 nitrogen and oxygen atoms in total. The highest BCUT2D eigenvalue weighted by Gasteiger charge is 2.20. The molecular formula is C16H19N3. The van der Waals surface area contributed by atoms with Crippen molar-refractivity contribution >= 4 is 0 Å². The monoisotopic (exact) mass is 253 g/mol. The smallest absolute Gasteiger partial charge is 0.159 e. The van der Waals surface area contributed by atoms with Crippen molar-refractivity contribution in [1.82, 2.24) is 15.3 Å². The number of nitrogens with one attached hydrogen (secondary N) is 1. The average Bonchev–Trinajstić information content (AvgIpc) is 3.20. The Morgan fingerprint density at radius 2 is 1.84 bits per heavy atom. The van der Waals surface area contributed by atoms with Crippen LogP contribution >= 0.6 is 0 Å². The molecule has 0 radical (unpaired) electrons. The van der Waals surface area contributed by atoms with Crippen LogP contribution < -0.4 is 5.32 Å². The molecule has 0 bridgehead atoms. The van der Waals surface area contributed by atoms with Gasteiger partial charge in [-0.05, 0) is 32.8 Å². The zero-order valence-corrected chi connectivity index (χ0v) is 11.5. The number of hydrogen-bond acceptors (Lipinski definition) is 3. The normalized spacial score (nSPS) is 14.6. The zero-order chi connectivity index (χ0) is 13.2. The van der Waals surface area contributed by atoms with Gasteiger partial charge in [-0.2, -0.15) is 0 Å². The van der Waals surface area contributed by atoms with Crippen molar-refractivity contribution < 1.29 is 0 Å². The van der Waals surface area contributed by atoms with Crippen LogP contribution in [0.25, 0.3) is 11.4 Å². The van der Waals surface area contributed by atoms with Gasteiger partial charge in [0.2, 0.25) is 0 Å². The molecule has 0 spiro atoms. The average molecular weight is 253 g/mol. The molecule has 1 heterocycles. The summed E-state index contributed by atoms with van der Waals surface area (Å²) in [5.41, 5.74) is 4.45. The Hall–Kier alpha value is -1.74. The first-order valence-corrected chi connectivity index (χ1v) is 6.86. The number of nitrogens with zero attached hydrogens (tertiary/aromatic N) is 2. The highest BCUT2D eigenvalue weighted by atomic mass is 15.0. The molecule has 98 valence electrons. The number of hydrogen-bond donors (Lipinski definition) is 1.